The lowest BCUT2D eigenvalue weighted by molar-refractivity contribution is 0.369. The van der Waals surface area contributed by atoms with Crippen molar-refractivity contribution in [2.24, 2.45) is 0 Å². The SMILES string of the molecule is C#CCN(C)Cc1ccc(C(C)C)cc1. The smallest absolute Gasteiger partial charge is 0.0599 e. The summed E-state index contributed by atoms with van der Waals surface area (Å²) in [4.78, 5) is 2.13. The van der Waals surface area contributed by atoms with Crippen LogP contribution in [0.3, 0.4) is 0 Å². The second-order valence-electron chi connectivity index (χ2n) is 4.27. The summed E-state index contributed by atoms with van der Waals surface area (Å²) in [5, 5.41) is 0. The molecule has 0 atom stereocenters. The predicted octanol–water partition coefficient (Wildman–Crippen LogP) is 2.88. The average molecular weight is 201 g/mol. The third kappa shape index (κ3) is 3.77. The fraction of sp³-hybridized carbons (Fsp3) is 0.429. The largest absolute Gasteiger partial charge is 0.291 e. The van der Waals surface area contributed by atoms with Gasteiger partial charge in [0.05, 0.1) is 6.54 Å². The summed E-state index contributed by atoms with van der Waals surface area (Å²) in [5.74, 6) is 3.24. The molecule has 0 aromatic heterocycles. The Morgan fingerprint density at radius 3 is 2.33 bits per heavy atom. The van der Waals surface area contributed by atoms with Crippen LogP contribution >= 0.6 is 0 Å². The molecule has 0 radical (unpaired) electrons. The highest BCUT2D eigenvalue weighted by molar-refractivity contribution is 5.24. The molecule has 0 spiro atoms. The third-order valence-electron chi connectivity index (χ3n) is 2.46. The highest BCUT2D eigenvalue weighted by Gasteiger charge is 2.00. The van der Waals surface area contributed by atoms with E-state index in [1.807, 2.05) is 7.05 Å². The standard InChI is InChI=1S/C14H19N/c1-5-10-15(4)11-13-6-8-14(9-7-13)12(2)3/h1,6-9,12H,10-11H2,2-4H3. The maximum absolute atomic E-state index is 5.26. The molecule has 1 aromatic rings. The van der Waals surface area contributed by atoms with Crippen LogP contribution in [0.5, 0.6) is 0 Å². The van der Waals surface area contributed by atoms with Gasteiger partial charge in [-0.05, 0) is 24.1 Å². The first-order valence-corrected chi connectivity index (χ1v) is 5.34. The van der Waals surface area contributed by atoms with Crippen molar-refractivity contribution in [1.29, 1.82) is 0 Å². The maximum atomic E-state index is 5.26. The van der Waals surface area contributed by atoms with Gasteiger partial charge >= 0.3 is 0 Å². The van der Waals surface area contributed by atoms with E-state index in [1.54, 1.807) is 0 Å². The Hall–Kier alpha value is -1.26. The Morgan fingerprint density at radius 1 is 1.27 bits per heavy atom. The van der Waals surface area contributed by atoms with E-state index in [2.05, 4.69) is 48.9 Å². The lowest BCUT2D eigenvalue weighted by Gasteiger charge is -2.14. The number of terminal acetylenes is 1. The molecule has 0 saturated carbocycles. The van der Waals surface area contributed by atoms with Gasteiger partial charge in [-0.3, -0.25) is 4.90 Å². The van der Waals surface area contributed by atoms with Crippen molar-refractivity contribution < 1.29 is 0 Å². The van der Waals surface area contributed by atoms with E-state index in [1.165, 1.54) is 11.1 Å². The second kappa shape index (κ2) is 5.58. The van der Waals surface area contributed by atoms with E-state index >= 15 is 0 Å². The van der Waals surface area contributed by atoms with Crippen molar-refractivity contribution in [1.82, 2.24) is 4.90 Å². The van der Waals surface area contributed by atoms with Crippen LogP contribution in [0.25, 0.3) is 0 Å². The zero-order chi connectivity index (χ0) is 11.3. The summed E-state index contributed by atoms with van der Waals surface area (Å²) in [5.41, 5.74) is 2.70. The summed E-state index contributed by atoms with van der Waals surface area (Å²) in [6.45, 7) is 6.04. The molecule has 0 heterocycles. The first-order chi connectivity index (χ1) is 7.13. The minimum atomic E-state index is 0.600. The summed E-state index contributed by atoms with van der Waals surface area (Å²) in [6, 6.07) is 8.76. The predicted molar refractivity (Wildman–Crippen MR) is 65.7 cm³/mol. The van der Waals surface area contributed by atoms with Crippen LogP contribution in [-0.2, 0) is 6.54 Å². The summed E-state index contributed by atoms with van der Waals surface area (Å²) >= 11 is 0. The molecule has 1 heteroatoms. The quantitative estimate of drug-likeness (QED) is 0.677. The van der Waals surface area contributed by atoms with Crippen LogP contribution in [0.1, 0.15) is 30.9 Å². The number of nitrogens with zero attached hydrogens (tertiary/aromatic N) is 1. The topological polar surface area (TPSA) is 3.24 Å². The van der Waals surface area contributed by atoms with Gasteiger partial charge < -0.3 is 0 Å². The van der Waals surface area contributed by atoms with Gasteiger partial charge in [-0.25, -0.2) is 0 Å². The minimum Gasteiger partial charge on any atom is -0.291 e. The van der Waals surface area contributed by atoms with Crippen molar-refractivity contribution in [2.45, 2.75) is 26.3 Å². The van der Waals surface area contributed by atoms with E-state index in [0.717, 1.165) is 6.54 Å². The number of hydrogen-bond donors (Lipinski definition) is 0. The molecule has 1 nitrogen and oxygen atoms in total. The molecule has 1 rings (SSSR count). The van der Waals surface area contributed by atoms with Crippen LogP contribution in [-0.4, -0.2) is 18.5 Å². The van der Waals surface area contributed by atoms with Crippen molar-refractivity contribution in [3.05, 3.63) is 35.4 Å². The van der Waals surface area contributed by atoms with Crippen LogP contribution in [0.2, 0.25) is 0 Å². The molecule has 80 valence electrons. The Kier molecular flexibility index (Phi) is 4.39. The minimum absolute atomic E-state index is 0.600. The Balaban J connectivity index is 2.61. The maximum Gasteiger partial charge on any atom is 0.0599 e. The zero-order valence-electron chi connectivity index (χ0n) is 9.83. The molecule has 0 fully saturated rings. The normalized spacial score (nSPS) is 10.7. The van der Waals surface area contributed by atoms with Crippen LogP contribution < -0.4 is 0 Å². The third-order valence-corrected chi connectivity index (χ3v) is 2.46. The molecule has 0 bridgehead atoms. The van der Waals surface area contributed by atoms with Crippen LogP contribution in [0.4, 0.5) is 0 Å². The number of hydrogen-bond acceptors (Lipinski definition) is 1. The Morgan fingerprint density at radius 2 is 1.87 bits per heavy atom. The van der Waals surface area contributed by atoms with Gasteiger partial charge in [-0.1, -0.05) is 44.0 Å². The van der Waals surface area contributed by atoms with Gasteiger partial charge in [0.1, 0.15) is 0 Å². The van der Waals surface area contributed by atoms with E-state index in [4.69, 9.17) is 6.42 Å². The Bertz CT molecular complexity index is 329. The van der Waals surface area contributed by atoms with Gasteiger partial charge in [0.2, 0.25) is 0 Å². The fourth-order valence-electron chi connectivity index (χ4n) is 1.53. The van der Waals surface area contributed by atoms with E-state index in [0.29, 0.717) is 12.5 Å². The van der Waals surface area contributed by atoms with Crippen LogP contribution in [0.15, 0.2) is 24.3 Å². The van der Waals surface area contributed by atoms with Crippen molar-refractivity contribution in [3.63, 3.8) is 0 Å². The van der Waals surface area contributed by atoms with Gasteiger partial charge in [-0.2, -0.15) is 0 Å². The van der Waals surface area contributed by atoms with Crippen LogP contribution in [0, 0.1) is 12.3 Å². The molecule has 0 aliphatic rings. The van der Waals surface area contributed by atoms with Crippen molar-refractivity contribution in [2.75, 3.05) is 13.6 Å². The van der Waals surface area contributed by atoms with Crippen molar-refractivity contribution in [3.8, 4) is 12.3 Å². The number of rotatable bonds is 4. The second-order valence-corrected chi connectivity index (χ2v) is 4.27. The molecule has 0 aliphatic carbocycles. The molecule has 0 unspecified atom stereocenters. The van der Waals surface area contributed by atoms with E-state index < -0.39 is 0 Å². The fourth-order valence-corrected chi connectivity index (χ4v) is 1.53. The monoisotopic (exact) mass is 201 g/mol. The molecule has 0 saturated heterocycles. The molecule has 1 aromatic carbocycles. The molecule has 0 N–H and O–H groups in total. The van der Waals surface area contributed by atoms with E-state index in [-0.39, 0.29) is 0 Å². The molecule has 0 amide bonds. The van der Waals surface area contributed by atoms with E-state index in [9.17, 15) is 0 Å². The summed E-state index contributed by atoms with van der Waals surface area (Å²) in [6.07, 6.45) is 5.26. The lowest BCUT2D eigenvalue weighted by atomic mass is 10.0. The summed E-state index contributed by atoms with van der Waals surface area (Å²) in [7, 11) is 2.04. The molecular weight excluding hydrogens is 182 g/mol. The van der Waals surface area contributed by atoms with Gasteiger partial charge in [0.15, 0.2) is 0 Å². The average Bonchev–Trinajstić information content (AvgIpc) is 2.18. The van der Waals surface area contributed by atoms with Gasteiger partial charge in [0.25, 0.3) is 0 Å². The van der Waals surface area contributed by atoms with Gasteiger partial charge in [-0.15, -0.1) is 6.42 Å². The summed E-state index contributed by atoms with van der Waals surface area (Å²) < 4.78 is 0. The van der Waals surface area contributed by atoms with Gasteiger partial charge in [0, 0.05) is 6.54 Å². The Labute approximate surface area is 93.1 Å². The lowest BCUT2D eigenvalue weighted by Crippen LogP contribution is -2.17. The highest BCUT2D eigenvalue weighted by atomic mass is 15.1. The highest BCUT2D eigenvalue weighted by Crippen LogP contribution is 2.15. The first-order valence-electron chi connectivity index (χ1n) is 5.34. The van der Waals surface area contributed by atoms with Crippen molar-refractivity contribution >= 4 is 0 Å². The molecular formula is C14H19N. The molecule has 0 aliphatic heterocycles. The number of benzene rings is 1. The zero-order valence-corrected chi connectivity index (χ0v) is 9.83. The first kappa shape index (κ1) is 11.8. The molecule has 15 heavy (non-hydrogen) atoms.